The van der Waals surface area contributed by atoms with E-state index in [2.05, 4.69) is 25.7 Å². The average molecular weight is 402 g/mol. The third kappa shape index (κ3) is 5.19. The largest absolute Gasteiger partial charge is 0.354 e. The maximum absolute atomic E-state index is 12.8. The molecule has 2 N–H and O–H groups in total. The van der Waals surface area contributed by atoms with Gasteiger partial charge in [-0.15, -0.1) is 10.2 Å². The van der Waals surface area contributed by atoms with Crippen LogP contribution in [-0.2, 0) is 9.59 Å². The summed E-state index contributed by atoms with van der Waals surface area (Å²) in [5, 5.41) is 14.1. The molecule has 0 spiro atoms. The number of carbonyl (C=O) groups is 2. The molecular formula is C20H24ClN5O2. The Morgan fingerprint density at radius 3 is 2.57 bits per heavy atom. The Morgan fingerprint density at radius 1 is 1.14 bits per heavy atom. The number of halogens is 1. The molecule has 1 atom stereocenters. The molecule has 2 heterocycles. The molecule has 1 saturated heterocycles. The topological polar surface area (TPSA) is 87.2 Å². The van der Waals surface area contributed by atoms with E-state index < -0.39 is 0 Å². The first kappa shape index (κ1) is 20.1. The molecule has 2 aromatic rings. The third-order valence-electron chi connectivity index (χ3n) is 4.66. The maximum Gasteiger partial charge on any atom is 0.229 e. The lowest BCUT2D eigenvalue weighted by Crippen LogP contribution is -2.41. The van der Waals surface area contributed by atoms with Crippen LogP contribution in [0.15, 0.2) is 36.4 Å². The smallest absolute Gasteiger partial charge is 0.229 e. The first-order valence-electron chi connectivity index (χ1n) is 9.38. The molecule has 1 aliphatic rings. The normalized spacial score (nSPS) is 16.7. The van der Waals surface area contributed by atoms with Crippen LogP contribution in [0.3, 0.4) is 0 Å². The summed E-state index contributed by atoms with van der Waals surface area (Å²) in [7, 11) is 0. The number of nitrogens with zero attached hydrogens (tertiary/aromatic N) is 3. The molecule has 8 heteroatoms. The highest BCUT2D eigenvalue weighted by Crippen LogP contribution is 2.24. The number of benzene rings is 1. The van der Waals surface area contributed by atoms with Gasteiger partial charge in [-0.1, -0.05) is 31.5 Å². The summed E-state index contributed by atoms with van der Waals surface area (Å²) in [5.41, 5.74) is 1.33. The van der Waals surface area contributed by atoms with Gasteiger partial charge in [-0.2, -0.15) is 0 Å². The Balaban J connectivity index is 1.62. The summed E-state index contributed by atoms with van der Waals surface area (Å²) in [5.74, 6) is 0.359. The number of rotatable bonds is 5. The minimum Gasteiger partial charge on any atom is -0.354 e. The molecule has 0 saturated carbocycles. The molecule has 0 bridgehead atoms. The fourth-order valence-corrected chi connectivity index (χ4v) is 3.18. The zero-order chi connectivity index (χ0) is 20.1. The first-order chi connectivity index (χ1) is 13.4. The van der Waals surface area contributed by atoms with Crippen LogP contribution in [0.25, 0.3) is 0 Å². The molecule has 7 nitrogen and oxygen atoms in total. The van der Waals surface area contributed by atoms with Crippen LogP contribution in [0.5, 0.6) is 0 Å². The number of nitrogens with one attached hydrogen (secondary N) is 2. The minimum atomic E-state index is -0.153. The van der Waals surface area contributed by atoms with Crippen LogP contribution < -0.4 is 15.5 Å². The van der Waals surface area contributed by atoms with Crippen molar-refractivity contribution in [1.82, 2.24) is 10.2 Å². The number of carbonyl (C=O) groups excluding carboxylic acids is 2. The molecule has 148 valence electrons. The zero-order valence-corrected chi connectivity index (χ0v) is 16.7. The van der Waals surface area contributed by atoms with E-state index in [4.69, 9.17) is 11.6 Å². The van der Waals surface area contributed by atoms with Gasteiger partial charge in [-0.05, 0) is 43.2 Å². The Labute approximate surface area is 169 Å². The molecule has 0 radical (unpaired) electrons. The van der Waals surface area contributed by atoms with Crippen molar-refractivity contribution in [3.63, 3.8) is 0 Å². The van der Waals surface area contributed by atoms with E-state index in [-0.39, 0.29) is 23.7 Å². The van der Waals surface area contributed by atoms with E-state index in [9.17, 15) is 9.59 Å². The van der Waals surface area contributed by atoms with Gasteiger partial charge in [0.25, 0.3) is 0 Å². The summed E-state index contributed by atoms with van der Waals surface area (Å²) in [6.07, 6.45) is 1.71. The van der Waals surface area contributed by atoms with Gasteiger partial charge in [0.1, 0.15) is 0 Å². The minimum absolute atomic E-state index is 0.0426. The van der Waals surface area contributed by atoms with Crippen molar-refractivity contribution in [3.8, 4) is 0 Å². The Bertz CT molecular complexity index is 841. The average Bonchev–Trinajstić information content (AvgIpc) is 2.69. The number of anilines is 3. The van der Waals surface area contributed by atoms with Crippen molar-refractivity contribution in [2.75, 3.05) is 28.6 Å². The predicted molar refractivity (Wildman–Crippen MR) is 111 cm³/mol. The summed E-state index contributed by atoms with van der Waals surface area (Å²) in [6, 6.07) is 10.7. The van der Waals surface area contributed by atoms with Crippen molar-refractivity contribution < 1.29 is 9.59 Å². The van der Waals surface area contributed by atoms with Crippen LogP contribution >= 0.6 is 11.6 Å². The van der Waals surface area contributed by atoms with E-state index in [1.807, 2.05) is 32.0 Å². The summed E-state index contributed by atoms with van der Waals surface area (Å²) < 4.78 is 0. The maximum atomic E-state index is 12.8. The second-order valence-electron chi connectivity index (χ2n) is 7.21. The van der Waals surface area contributed by atoms with E-state index in [1.54, 1.807) is 18.2 Å². The lowest BCUT2D eigenvalue weighted by molar-refractivity contribution is -0.120. The predicted octanol–water partition coefficient (Wildman–Crippen LogP) is 3.58. The first-order valence-corrected chi connectivity index (χ1v) is 9.76. The summed E-state index contributed by atoms with van der Waals surface area (Å²) in [4.78, 5) is 26.7. The molecule has 0 unspecified atom stereocenters. The molecule has 1 fully saturated rings. The van der Waals surface area contributed by atoms with Gasteiger partial charge >= 0.3 is 0 Å². The van der Waals surface area contributed by atoms with Crippen LogP contribution in [0.2, 0.25) is 5.15 Å². The zero-order valence-electron chi connectivity index (χ0n) is 16.0. The second kappa shape index (κ2) is 9.01. The van der Waals surface area contributed by atoms with Gasteiger partial charge in [0.15, 0.2) is 11.0 Å². The van der Waals surface area contributed by atoms with Gasteiger partial charge in [0.2, 0.25) is 11.8 Å². The molecule has 3 rings (SSSR count). The monoisotopic (exact) mass is 401 g/mol. The fourth-order valence-electron chi connectivity index (χ4n) is 3.08. The Kier molecular flexibility index (Phi) is 6.46. The van der Waals surface area contributed by atoms with Crippen molar-refractivity contribution >= 4 is 40.6 Å². The highest BCUT2D eigenvalue weighted by Gasteiger charge is 2.27. The molecule has 0 aliphatic carbocycles. The van der Waals surface area contributed by atoms with E-state index in [0.29, 0.717) is 23.1 Å². The van der Waals surface area contributed by atoms with E-state index >= 15 is 0 Å². The SMILES string of the molecule is CC(C)C(=O)Nc1cccc(NC(=O)[C@@H]2CCCN(c3ccc(Cl)nn3)C2)c1. The van der Waals surface area contributed by atoms with Gasteiger partial charge in [-0.3, -0.25) is 9.59 Å². The fraction of sp³-hybridized carbons (Fsp3) is 0.400. The van der Waals surface area contributed by atoms with Gasteiger partial charge in [-0.25, -0.2) is 0 Å². The van der Waals surface area contributed by atoms with Crippen LogP contribution in [0.1, 0.15) is 26.7 Å². The number of piperidine rings is 1. The molecule has 28 heavy (non-hydrogen) atoms. The van der Waals surface area contributed by atoms with Gasteiger partial charge in [0, 0.05) is 30.4 Å². The number of hydrogen-bond donors (Lipinski definition) is 2. The van der Waals surface area contributed by atoms with Crippen molar-refractivity contribution in [3.05, 3.63) is 41.6 Å². The van der Waals surface area contributed by atoms with Crippen molar-refractivity contribution in [2.24, 2.45) is 11.8 Å². The highest BCUT2D eigenvalue weighted by molar-refractivity contribution is 6.29. The summed E-state index contributed by atoms with van der Waals surface area (Å²) in [6.45, 7) is 5.07. The number of hydrogen-bond acceptors (Lipinski definition) is 5. The molecule has 1 aliphatic heterocycles. The van der Waals surface area contributed by atoms with Crippen LogP contribution in [-0.4, -0.2) is 35.1 Å². The van der Waals surface area contributed by atoms with Crippen molar-refractivity contribution in [1.29, 1.82) is 0 Å². The number of amides is 2. The number of aromatic nitrogens is 2. The van der Waals surface area contributed by atoms with E-state index in [1.165, 1.54) is 0 Å². The quantitative estimate of drug-likeness (QED) is 0.799. The van der Waals surface area contributed by atoms with E-state index in [0.717, 1.165) is 25.2 Å². The standard InChI is InChI=1S/C20H24ClN5O2/c1-13(2)19(27)22-15-6-3-7-16(11-15)23-20(28)14-5-4-10-26(12-14)18-9-8-17(21)24-25-18/h3,6-9,11,13-14H,4-5,10,12H2,1-2H3,(H,22,27)(H,23,28)/t14-/m1/s1. The molecule has 1 aromatic carbocycles. The second-order valence-corrected chi connectivity index (χ2v) is 7.60. The molecule has 1 aromatic heterocycles. The van der Waals surface area contributed by atoms with Crippen LogP contribution in [0, 0.1) is 11.8 Å². The third-order valence-corrected chi connectivity index (χ3v) is 4.86. The molecule has 2 amide bonds. The Morgan fingerprint density at radius 2 is 1.89 bits per heavy atom. The lowest BCUT2D eigenvalue weighted by Gasteiger charge is -2.32. The van der Waals surface area contributed by atoms with Crippen molar-refractivity contribution in [2.45, 2.75) is 26.7 Å². The van der Waals surface area contributed by atoms with Crippen LogP contribution in [0.4, 0.5) is 17.2 Å². The Hall–Kier alpha value is -2.67. The highest BCUT2D eigenvalue weighted by atomic mass is 35.5. The lowest BCUT2D eigenvalue weighted by atomic mass is 9.97. The van der Waals surface area contributed by atoms with Gasteiger partial charge in [0.05, 0.1) is 5.92 Å². The molecular weight excluding hydrogens is 378 g/mol. The van der Waals surface area contributed by atoms with Gasteiger partial charge < -0.3 is 15.5 Å². The summed E-state index contributed by atoms with van der Waals surface area (Å²) >= 11 is 5.80.